The molecule has 0 spiro atoms. The summed E-state index contributed by atoms with van der Waals surface area (Å²) in [5.74, 6) is 0.581. The lowest BCUT2D eigenvalue weighted by Gasteiger charge is -2.31. The second-order valence-electron chi connectivity index (χ2n) is 9.45. The number of nitrogens with one attached hydrogen (secondary N) is 1. The first kappa shape index (κ1) is 25.4. The van der Waals surface area contributed by atoms with E-state index in [-0.39, 0.29) is 5.56 Å². The molecule has 1 N–H and O–H groups in total. The highest BCUT2D eigenvalue weighted by atomic mass is 16.5. The molecule has 1 atom stereocenters. The Hall–Kier alpha value is -4.21. The summed E-state index contributed by atoms with van der Waals surface area (Å²) in [6.07, 6.45) is 3.61. The van der Waals surface area contributed by atoms with Crippen LogP contribution in [0, 0.1) is 13.8 Å². The average molecular weight is 510 g/mol. The minimum absolute atomic E-state index is 0.165. The van der Waals surface area contributed by atoms with E-state index in [1.807, 2.05) is 55.6 Å². The molecule has 5 aromatic rings. The van der Waals surface area contributed by atoms with Crippen molar-refractivity contribution in [3.05, 3.63) is 117 Å². The first-order valence-corrected chi connectivity index (χ1v) is 12.6. The monoisotopic (exact) mass is 509 g/mol. The van der Waals surface area contributed by atoms with Gasteiger partial charge in [-0.05, 0) is 58.7 Å². The number of aromatic nitrogens is 6. The second-order valence-corrected chi connectivity index (χ2v) is 9.45. The van der Waals surface area contributed by atoms with Crippen molar-refractivity contribution in [1.29, 1.82) is 0 Å². The molecule has 3 heterocycles. The van der Waals surface area contributed by atoms with Gasteiger partial charge in [0.1, 0.15) is 6.04 Å². The number of hydrogen-bond donors (Lipinski definition) is 1. The molecule has 0 aliphatic carbocycles. The Morgan fingerprint density at radius 1 is 1.00 bits per heavy atom. The van der Waals surface area contributed by atoms with Gasteiger partial charge in [0, 0.05) is 43.5 Å². The Kier molecular flexibility index (Phi) is 7.67. The molecule has 0 radical (unpaired) electrons. The van der Waals surface area contributed by atoms with Gasteiger partial charge < -0.3 is 9.72 Å². The van der Waals surface area contributed by atoms with Gasteiger partial charge in [0.2, 0.25) is 0 Å². The van der Waals surface area contributed by atoms with Gasteiger partial charge in [-0.1, -0.05) is 48.5 Å². The zero-order chi connectivity index (χ0) is 26.5. The molecule has 0 amide bonds. The third-order valence-corrected chi connectivity index (χ3v) is 6.78. The largest absolute Gasteiger partial charge is 0.383 e. The van der Waals surface area contributed by atoms with Crippen LogP contribution >= 0.6 is 0 Å². The van der Waals surface area contributed by atoms with Crippen molar-refractivity contribution in [2.75, 3.05) is 13.7 Å². The fourth-order valence-electron chi connectivity index (χ4n) is 4.82. The lowest BCUT2D eigenvalue weighted by Crippen LogP contribution is -2.35. The Morgan fingerprint density at radius 2 is 1.76 bits per heavy atom. The van der Waals surface area contributed by atoms with Gasteiger partial charge >= 0.3 is 0 Å². The summed E-state index contributed by atoms with van der Waals surface area (Å²) < 4.78 is 7.04. The number of benzene rings is 2. The van der Waals surface area contributed by atoms with Crippen molar-refractivity contribution >= 4 is 10.9 Å². The number of methoxy groups -OCH3 is 1. The summed E-state index contributed by atoms with van der Waals surface area (Å²) >= 11 is 0. The van der Waals surface area contributed by atoms with Crippen molar-refractivity contribution in [2.45, 2.75) is 39.5 Å². The van der Waals surface area contributed by atoms with Gasteiger partial charge in [-0.2, -0.15) is 0 Å². The standard InChI is InChI=1S/C29H31N7O2/c1-20-11-12-21(2)26-24(20)16-25(29(37)31-26)27(28-32-33-34-36(28)14-15-38-3)35(18-22-8-5-4-6-9-22)19-23-10-7-13-30-17-23/h4-13,16-17,27H,14-15,18-19H2,1-3H3,(H,31,37). The zero-order valence-corrected chi connectivity index (χ0v) is 21.8. The van der Waals surface area contributed by atoms with Crippen LogP contribution in [-0.2, 0) is 24.4 Å². The molecule has 1 unspecified atom stereocenters. The quantitative estimate of drug-likeness (QED) is 0.304. The van der Waals surface area contributed by atoms with Crippen LogP contribution in [-0.4, -0.2) is 48.8 Å². The van der Waals surface area contributed by atoms with E-state index >= 15 is 0 Å². The Bertz CT molecular complexity index is 1520. The van der Waals surface area contributed by atoms with Crippen molar-refractivity contribution in [2.24, 2.45) is 0 Å². The molecule has 194 valence electrons. The number of aryl methyl sites for hydroxylation is 2. The van der Waals surface area contributed by atoms with E-state index in [1.165, 1.54) is 0 Å². The number of nitrogens with zero attached hydrogens (tertiary/aromatic N) is 6. The molecular weight excluding hydrogens is 478 g/mol. The normalized spacial score (nSPS) is 12.3. The molecule has 0 bridgehead atoms. The van der Waals surface area contributed by atoms with E-state index in [9.17, 15) is 4.79 Å². The van der Waals surface area contributed by atoms with Crippen LogP contribution in [0.2, 0.25) is 0 Å². The Labute approximate surface area is 221 Å². The van der Waals surface area contributed by atoms with Crippen molar-refractivity contribution in [1.82, 2.24) is 35.1 Å². The van der Waals surface area contributed by atoms with Gasteiger partial charge in [0.15, 0.2) is 5.82 Å². The van der Waals surface area contributed by atoms with Crippen molar-refractivity contribution < 1.29 is 4.74 Å². The fraction of sp³-hybridized carbons (Fsp3) is 0.276. The minimum Gasteiger partial charge on any atom is -0.383 e. The van der Waals surface area contributed by atoms with Crippen molar-refractivity contribution in [3.8, 4) is 0 Å². The number of fused-ring (bicyclic) bond motifs is 1. The average Bonchev–Trinajstić information content (AvgIpc) is 3.39. The van der Waals surface area contributed by atoms with Gasteiger partial charge in [-0.3, -0.25) is 14.7 Å². The number of aromatic amines is 1. The maximum absolute atomic E-state index is 13.8. The van der Waals surface area contributed by atoms with Crippen molar-refractivity contribution in [3.63, 3.8) is 0 Å². The summed E-state index contributed by atoms with van der Waals surface area (Å²) in [7, 11) is 1.64. The summed E-state index contributed by atoms with van der Waals surface area (Å²) in [6.45, 7) is 6.07. The van der Waals surface area contributed by atoms with E-state index < -0.39 is 6.04 Å². The van der Waals surface area contributed by atoms with Gasteiger partial charge in [0.05, 0.1) is 18.7 Å². The number of hydrogen-bond acceptors (Lipinski definition) is 7. The van der Waals surface area contributed by atoms with E-state index in [2.05, 4.69) is 55.5 Å². The first-order chi connectivity index (χ1) is 18.5. The molecule has 0 saturated carbocycles. The lowest BCUT2D eigenvalue weighted by molar-refractivity contribution is 0.169. The van der Waals surface area contributed by atoms with E-state index in [0.717, 1.165) is 33.2 Å². The second kappa shape index (κ2) is 11.5. The maximum atomic E-state index is 13.8. The summed E-state index contributed by atoms with van der Waals surface area (Å²) in [4.78, 5) is 23.5. The van der Waals surface area contributed by atoms with E-state index in [1.54, 1.807) is 18.0 Å². The van der Waals surface area contributed by atoms with E-state index in [0.29, 0.717) is 37.6 Å². The molecule has 0 aliphatic rings. The highest BCUT2D eigenvalue weighted by Crippen LogP contribution is 2.31. The fourth-order valence-corrected chi connectivity index (χ4v) is 4.82. The molecule has 9 nitrogen and oxygen atoms in total. The third kappa shape index (κ3) is 5.39. The smallest absolute Gasteiger partial charge is 0.253 e. The van der Waals surface area contributed by atoms with Crippen LogP contribution in [0.5, 0.6) is 0 Å². The van der Waals surface area contributed by atoms with Gasteiger partial charge in [-0.25, -0.2) is 4.68 Å². The molecule has 38 heavy (non-hydrogen) atoms. The van der Waals surface area contributed by atoms with Crippen LogP contribution in [0.4, 0.5) is 0 Å². The predicted molar refractivity (Wildman–Crippen MR) is 146 cm³/mol. The van der Waals surface area contributed by atoms with E-state index in [4.69, 9.17) is 4.74 Å². The third-order valence-electron chi connectivity index (χ3n) is 6.78. The highest BCUT2D eigenvalue weighted by Gasteiger charge is 2.31. The first-order valence-electron chi connectivity index (χ1n) is 12.6. The van der Waals surface area contributed by atoms with Crippen LogP contribution in [0.15, 0.2) is 77.9 Å². The number of tetrazole rings is 1. The minimum atomic E-state index is -0.532. The molecule has 5 rings (SSSR count). The molecule has 0 aliphatic heterocycles. The SMILES string of the molecule is COCCn1nnnc1C(c1cc2c(C)ccc(C)c2[nH]c1=O)N(Cc1ccccc1)Cc1cccnc1. The van der Waals surface area contributed by atoms with Crippen LogP contribution in [0.3, 0.4) is 0 Å². The van der Waals surface area contributed by atoms with Gasteiger partial charge in [-0.15, -0.1) is 5.10 Å². The lowest BCUT2D eigenvalue weighted by atomic mass is 9.98. The molecule has 3 aromatic heterocycles. The topological polar surface area (TPSA) is 102 Å². The number of ether oxygens (including phenoxy) is 1. The molecule has 0 saturated heterocycles. The molecular formula is C29H31N7O2. The maximum Gasteiger partial charge on any atom is 0.253 e. The Balaban J connectivity index is 1.71. The molecule has 9 heteroatoms. The summed E-state index contributed by atoms with van der Waals surface area (Å²) in [6, 6.07) is 19.7. The summed E-state index contributed by atoms with van der Waals surface area (Å²) in [5, 5.41) is 13.7. The molecule has 0 fully saturated rings. The summed E-state index contributed by atoms with van der Waals surface area (Å²) in [5.41, 5.74) is 5.50. The predicted octanol–water partition coefficient (Wildman–Crippen LogP) is 3.96. The number of pyridine rings is 2. The number of H-pyrrole nitrogens is 1. The zero-order valence-electron chi connectivity index (χ0n) is 21.8. The van der Waals surface area contributed by atoms with Gasteiger partial charge in [0.25, 0.3) is 5.56 Å². The van der Waals surface area contributed by atoms with Crippen LogP contribution in [0.1, 0.15) is 39.7 Å². The molecule has 2 aromatic carbocycles. The number of rotatable bonds is 10. The van der Waals surface area contributed by atoms with Crippen LogP contribution < -0.4 is 5.56 Å². The Morgan fingerprint density at radius 3 is 2.53 bits per heavy atom. The van der Waals surface area contributed by atoms with Crippen LogP contribution in [0.25, 0.3) is 10.9 Å². The highest BCUT2D eigenvalue weighted by molar-refractivity contribution is 5.85.